The van der Waals surface area contributed by atoms with Gasteiger partial charge in [0.05, 0.1) is 11.6 Å². The molecule has 2 rings (SSSR count). The summed E-state index contributed by atoms with van der Waals surface area (Å²) in [6, 6.07) is 0. The lowest BCUT2D eigenvalue weighted by atomic mass is 10.3. The Hall–Kier alpha value is -0.340. The van der Waals surface area contributed by atoms with Crippen molar-refractivity contribution in [1.82, 2.24) is 15.5 Å². The van der Waals surface area contributed by atoms with Gasteiger partial charge in [0.15, 0.2) is 5.75 Å². The summed E-state index contributed by atoms with van der Waals surface area (Å²) in [5.74, 6) is 0.586. The molecule has 0 atom stereocenters. The van der Waals surface area contributed by atoms with Gasteiger partial charge in [-0.3, -0.25) is 4.79 Å². The lowest BCUT2D eigenvalue weighted by Crippen LogP contribution is -2.44. The minimum Gasteiger partial charge on any atom is -0.494 e. The maximum absolute atomic E-state index is 12.2. The molecule has 1 aromatic heterocycles. The maximum Gasteiger partial charge on any atom is 0.265 e. The van der Waals surface area contributed by atoms with Gasteiger partial charge in [-0.05, 0) is 35.8 Å². The number of hydrogen-bond donors (Lipinski definition) is 2. The molecule has 1 aliphatic heterocycles. The van der Waals surface area contributed by atoms with Crippen LogP contribution in [0.15, 0.2) is 4.47 Å². The molecule has 1 amide bonds. The van der Waals surface area contributed by atoms with Gasteiger partial charge in [-0.1, -0.05) is 0 Å². The molecule has 22 heavy (non-hydrogen) atoms. The zero-order valence-corrected chi connectivity index (χ0v) is 16.1. The number of hydrogen-bond acceptors (Lipinski definition) is 5. The van der Waals surface area contributed by atoms with Crippen molar-refractivity contribution in [1.29, 1.82) is 0 Å². The second-order valence-corrected chi connectivity index (χ2v) is 7.05. The summed E-state index contributed by atoms with van der Waals surface area (Å²) in [4.78, 5) is 16.3. The van der Waals surface area contributed by atoms with Gasteiger partial charge < -0.3 is 20.3 Å². The summed E-state index contributed by atoms with van der Waals surface area (Å²) < 4.78 is 6.18. The van der Waals surface area contributed by atoms with Crippen molar-refractivity contribution in [2.45, 2.75) is 13.3 Å². The van der Waals surface area contributed by atoms with Crippen LogP contribution in [0.5, 0.6) is 5.75 Å². The van der Waals surface area contributed by atoms with Crippen LogP contribution >= 0.6 is 39.7 Å². The van der Waals surface area contributed by atoms with E-state index in [1.165, 1.54) is 11.3 Å². The van der Waals surface area contributed by atoms with E-state index in [0.717, 1.165) is 48.5 Å². The third-order valence-corrected chi connectivity index (χ3v) is 5.83. The highest BCUT2D eigenvalue weighted by molar-refractivity contribution is 9.10. The van der Waals surface area contributed by atoms with E-state index in [-0.39, 0.29) is 18.3 Å². The van der Waals surface area contributed by atoms with Crippen LogP contribution < -0.4 is 15.4 Å². The Labute approximate surface area is 150 Å². The van der Waals surface area contributed by atoms with Gasteiger partial charge >= 0.3 is 0 Å². The van der Waals surface area contributed by atoms with Gasteiger partial charge in [-0.25, -0.2) is 0 Å². The van der Waals surface area contributed by atoms with Crippen molar-refractivity contribution in [3.05, 3.63) is 14.2 Å². The Balaban J connectivity index is 0.00000242. The molecule has 5 nitrogen and oxygen atoms in total. The predicted molar refractivity (Wildman–Crippen MR) is 96.8 cm³/mol. The predicted octanol–water partition coefficient (Wildman–Crippen LogP) is 2.27. The highest BCUT2D eigenvalue weighted by Crippen LogP contribution is 2.38. The summed E-state index contributed by atoms with van der Waals surface area (Å²) in [5, 5.41) is 6.32. The zero-order chi connectivity index (χ0) is 15.2. The summed E-state index contributed by atoms with van der Waals surface area (Å²) in [6.45, 7) is 8.01. The van der Waals surface area contributed by atoms with Crippen molar-refractivity contribution in [2.75, 3.05) is 46.4 Å². The van der Waals surface area contributed by atoms with E-state index in [4.69, 9.17) is 4.74 Å². The molecule has 0 aromatic carbocycles. The molecule has 0 spiro atoms. The van der Waals surface area contributed by atoms with Gasteiger partial charge in [0, 0.05) is 37.6 Å². The smallest absolute Gasteiger partial charge is 0.265 e. The van der Waals surface area contributed by atoms with Crippen LogP contribution in [0.25, 0.3) is 0 Å². The number of thiophene rings is 1. The fourth-order valence-corrected chi connectivity index (χ4v) is 4.02. The number of carbonyl (C=O) groups excluding carboxylic acids is 1. The Bertz CT molecular complexity index is 493. The standard InChI is InChI=1S/C14H22BrN3O2S.ClH/c1-10-11(15)12(20-2)13(21-10)14(19)17-4-3-7-18-8-5-16-6-9-18;/h16H,3-9H2,1-2H3,(H,17,19);1H. The lowest BCUT2D eigenvalue weighted by molar-refractivity contribution is 0.0952. The van der Waals surface area contributed by atoms with Crippen LogP contribution in [0.3, 0.4) is 0 Å². The van der Waals surface area contributed by atoms with E-state index < -0.39 is 0 Å². The van der Waals surface area contributed by atoms with E-state index in [1.807, 2.05) is 6.92 Å². The lowest BCUT2D eigenvalue weighted by Gasteiger charge is -2.27. The molecule has 1 aromatic rings. The van der Waals surface area contributed by atoms with Crippen LogP contribution in [-0.2, 0) is 0 Å². The van der Waals surface area contributed by atoms with Gasteiger partial charge in [-0.2, -0.15) is 0 Å². The highest BCUT2D eigenvalue weighted by Gasteiger charge is 2.20. The molecule has 2 N–H and O–H groups in total. The highest BCUT2D eigenvalue weighted by atomic mass is 79.9. The van der Waals surface area contributed by atoms with Gasteiger partial charge in [-0.15, -0.1) is 23.7 Å². The van der Waals surface area contributed by atoms with Crippen LogP contribution in [0.1, 0.15) is 21.0 Å². The SMILES string of the molecule is COc1c(C(=O)NCCCN2CCNCC2)sc(C)c1Br.Cl. The van der Waals surface area contributed by atoms with Crippen LogP contribution in [-0.4, -0.2) is 57.2 Å². The topological polar surface area (TPSA) is 53.6 Å². The first-order valence-electron chi connectivity index (χ1n) is 7.17. The van der Waals surface area contributed by atoms with Crippen molar-refractivity contribution >= 4 is 45.6 Å². The van der Waals surface area contributed by atoms with E-state index in [2.05, 4.69) is 31.5 Å². The molecule has 2 heterocycles. The molecule has 1 saturated heterocycles. The summed E-state index contributed by atoms with van der Waals surface area (Å²) in [7, 11) is 1.59. The minimum atomic E-state index is -0.0500. The summed E-state index contributed by atoms with van der Waals surface area (Å²) >= 11 is 4.91. The number of rotatable bonds is 6. The number of methoxy groups -OCH3 is 1. The Morgan fingerprint density at radius 2 is 2.14 bits per heavy atom. The average molecular weight is 413 g/mol. The Kier molecular flexibility index (Phi) is 8.71. The first kappa shape index (κ1) is 19.7. The fourth-order valence-electron chi connectivity index (χ4n) is 2.36. The van der Waals surface area contributed by atoms with Crippen LogP contribution in [0.4, 0.5) is 0 Å². The normalized spacial score (nSPS) is 15.2. The van der Waals surface area contributed by atoms with E-state index in [0.29, 0.717) is 17.2 Å². The minimum absolute atomic E-state index is 0. The van der Waals surface area contributed by atoms with Gasteiger partial charge in [0.25, 0.3) is 5.91 Å². The molecule has 0 radical (unpaired) electrons. The largest absolute Gasteiger partial charge is 0.494 e. The molecular weight excluding hydrogens is 390 g/mol. The molecular formula is C14H23BrClN3O2S. The molecule has 1 fully saturated rings. The molecule has 0 unspecified atom stereocenters. The molecule has 0 bridgehead atoms. The van der Waals surface area contributed by atoms with E-state index in [9.17, 15) is 4.79 Å². The monoisotopic (exact) mass is 411 g/mol. The summed E-state index contributed by atoms with van der Waals surface area (Å²) in [6.07, 6.45) is 0.972. The number of ether oxygens (including phenoxy) is 1. The van der Waals surface area contributed by atoms with E-state index >= 15 is 0 Å². The quantitative estimate of drug-likeness (QED) is 0.704. The number of nitrogens with zero attached hydrogens (tertiary/aromatic N) is 1. The molecule has 0 aliphatic carbocycles. The third-order valence-electron chi connectivity index (χ3n) is 3.53. The molecule has 1 aliphatic rings. The van der Waals surface area contributed by atoms with Crippen LogP contribution in [0.2, 0.25) is 0 Å². The first-order valence-corrected chi connectivity index (χ1v) is 8.78. The number of nitrogens with one attached hydrogen (secondary N) is 2. The molecule has 126 valence electrons. The van der Waals surface area contributed by atoms with Crippen molar-refractivity contribution < 1.29 is 9.53 Å². The third kappa shape index (κ3) is 5.09. The van der Waals surface area contributed by atoms with E-state index in [1.54, 1.807) is 7.11 Å². The van der Waals surface area contributed by atoms with Crippen molar-refractivity contribution in [2.24, 2.45) is 0 Å². The maximum atomic E-state index is 12.2. The first-order chi connectivity index (χ1) is 10.1. The van der Waals surface area contributed by atoms with Crippen LogP contribution in [0, 0.1) is 6.92 Å². The number of amides is 1. The van der Waals surface area contributed by atoms with Crippen molar-refractivity contribution in [3.63, 3.8) is 0 Å². The summed E-state index contributed by atoms with van der Waals surface area (Å²) in [5.41, 5.74) is 0. The second kappa shape index (κ2) is 9.72. The number of aryl methyl sites for hydroxylation is 1. The Morgan fingerprint density at radius 1 is 1.45 bits per heavy atom. The zero-order valence-electron chi connectivity index (χ0n) is 12.9. The number of halogens is 2. The Morgan fingerprint density at radius 3 is 2.77 bits per heavy atom. The van der Waals surface area contributed by atoms with Gasteiger partial charge in [0.2, 0.25) is 0 Å². The number of piperazine rings is 1. The fraction of sp³-hybridized carbons (Fsp3) is 0.643. The number of carbonyl (C=O) groups is 1. The van der Waals surface area contributed by atoms with Gasteiger partial charge in [0.1, 0.15) is 4.88 Å². The average Bonchev–Trinajstić information content (AvgIpc) is 2.80. The van der Waals surface area contributed by atoms with Crippen molar-refractivity contribution in [3.8, 4) is 5.75 Å². The molecule has 0 saturated carbocycles. The second-order valence-electron chi connectivity index (χ2n) is 5.04. The molecule has 8 heteroatoms.